The first-order valence-electron chi connectivity index (χ1n) is 5.93. The van der Waals surface area contributed by atoms with E-state index in [9.17, 15) is 9.59 Å². The van der Waals surface area contributed by atoms with E-state index in [0.29, 0.717) is 24.3 Å². The van der Waals surface area contributed by atoms with Gasteiger partial charge in [0.15, 0.2) is 4.67 Å². The molecule has 104 valence electrons. The molecule has 6 nitrogen and oxygen atoms in total. The van der Waals surface area contributed by atoms with Gasteiger partial charge in [-0.3, -0.25) is 14.5 Å². The zero-order valence-electron chi connectivity index (χ0n) is 10.5. The molecule has 1 aromatic rings. The van der Waals surface area contributed by atoms with Crippen molar-refractivity contribution in [3.63, 3.8) is 0 Å². The molecular formula is C12H15BrN2O4. The lowest BCUT2D eigenvalue weighted by Gasteiger charge is -2.33. The van der Waals surface area contributed by atoms with Gasteiger partial charge in [-0.25, -0.2) is 0 Å². The Morgan fingerprint density at radius 3 is 3.05 bits per heavy atom. The van der Waals surface area contributed by atoms with Gasteiger partial charge in [0.1, 0.15) is 11.8 Å². The van der Waals surface area contributed by atoms with E-state index in [4.69, 9.17) is 4.42 Å². The molecule has 0 unspecified atom stereocenters. The van der Waals surface area contributed by atoms with Gasteiger partial charge in [0.25, 0.3) is 0 Å². The quantitative estimate of drug-likeness (QED) is 0.831. The van der Waals surface area contributed by atoms with Crippen LogP contribution < -0.4 is 5.32 Å². The van der Waals surface area contributed by atoms with E-state index in [0.717, 1.165) is 5.76 Å². The number of rotatable bonds is 4. The number of halogens is 1. The number of methoxy groups -OCH3 is 1. The first kappa shape index (κ1) is 14.1. The van der Waals surface area contributed by atoms with Crippen LogP contribution in [0.15, 0.2) is 21.2 Å². The summed E-state index contributed by atoms with van der Waals surface area (Å²) >= 11 is 3.24. The van der Waals surface area contributed by atoms with Gasteiger partial charge in [-0.05, 0) is 28.1 Å². The predicted octanol–water partition coefficient (Wildman–Crippen LogP) is 0.906. The lowest BCUT2D eigenvalue weighted by Crippen LogP contribution is -2.55. The lowest BCUT2D eigenvalue weighted by molar-refractivity contribution is -0.146. The lowest BCUT2D eigenvalue weighted by atomic mass is 10.1. The molecule has 0 radical (unpaired) electrons. The van der Waals surface area contributed by atoms with Crippen LogP contribution in [0.2, 0.25) is 0 Å². The van der Waals surface area contributed by atoms with Crippen LogP contribution in [0.1, 0.15) is 12.2 Å². The average Bonchev–Trinajstić information content (AvgIpc) is 2.79. The summed E-state index contributed by atoms with van der Waals surface area (Å²) in [6.07, 6.45) is 0.0458. The van der Waals surface area contributed by atoms with E-state index in [2.05, 4.69) is 26.0 Å². The van der Waals surface area contributed by atoms with Crippen molar-refractivity contribution in [2.24, 2.45) is 0 Å². The van der Waals surface area contributed by atoms with E-state index in [1.807, 2.05) is 11.0 Å². The van der Waals surface area contributed by atoms with Crippen molar-refractivity contribution in [2.75, 3.05) is 20.2 Å². The first-order valence-corrected chi connectivity index (χ1v) is 6.72. The Labute approximate surface area is 119 Å². The molecule has 1 aliphatic heterocycles. The maximum atomic E-state index is 11.9. The molecule has 1 aliphatic rings. The molecule has 0 bridgehead atoms. The van der Waals surface area contributed by atoms with E-state index in [1.165, 1.54) is 7.11 Å². The van der Waals surface area contributed by atoms with Crippen molar-refractivity contribution in [3.8, 4) is 0 Å². The Kier molecular flexibility index (Phi) is 4.60. The molecule has 0 aromatic carbocycles. The molecule has 1 aromatic heterocycles. The van der Waals surface area contributed by atoms with Crippen LogP contribution in [0.25, 0.3) is 0 Å². The van der Waals surface area contributed by atoms with Gasteiger partial charge in [-0.2, -0.15) is 0 Å². The summed E-state index contributed by atoms with van der Waals surface area (Å²) < 4.78 is 10.7. The number of nitrogens with one attached hydrogen (secondary N) is 1. The second kappa shape index (κ2) is 6.21. The number of hydrogen-bond acceptors (Lipinski definition) is 5. The molecule has 0 saturated carbocycles. The number of carbonyl (C=O) groups excluding carboxylic acids is 2. The summed E-state index contributed by atoms with van der Waals surface area (Å²) in [4.78, 5) is 25.1. The number of ether oxygens (including phenoxy) is 1. The first-order chi connectivity index (χ1) is 9.10. The highest BCUT2D eigenvalue weighted by atomic mass is 79.9. The standard InChI is InChI=1S/C12H15BrN2O4/c1-18-11(16)6-9-12(17)14-4-5-15(9)7-8-2-3-10(13)19-8/h2-3,9H,4-7H2,1H3,(H,14,17)/t9-/m1/s1. The Hall–Kier alpha value is -1.34. The van der Waals surface area contributed by atoms with E-state index in [-0.39, 0.29) is 12.3 Å². The molecule has 2 heterocycles. The summed E-state index contributed by atoms with van der Waals surface area (Å²) in [5.41, 5.74) is 0. The van der Waals surface area contributed by atoms with Crippen molar-refractivity contribution in [2.45, 2.75) is 19.0 Å². The van der Waals surface area contributed by atoms with Crippen molar-refractivity contribution in [3.05, 3.63) is 22.6 Å². The summed E-state index contributed by atoms with van der Waals surface area (Å²) in [6, 6.07) is 3.13. The van der Waals surface area contributed by atoms with Crippen LogP contribution in [0.5, 0.6) is 0 Å². The number of carbonyl (C=O) groups is 2. The highest BCUT2D eigenvalue weighted by Crippen LogP contribution is 2.19. The van der Waals surface area contributed by atoms with Gasteiger partial charge in [-0.1, -0.05) is 0 Å². The van der Waals surface area contributed by atoms with Crippen molar-refractivity contribution >= 4 is 27.8 Å². The minimum absolute atomic E-state index is 0.0458. The molecular weight excluding hydrogens is 316 g/mol. The van der Waals surface area contributed by atoms with Crippen molar-refractivity contribution in [1.82, 2.24) is 10.2 Å². The summed E-state index contributed by atoms with van der Waals surface area (Å²) in [5, 5.41) is 2.75. The fraction of sp³-hybridized carbons (Fsp3) is 0.500. The minimum atomic E-state index is -0.509. The van der Waals surface area contributed by atoms with Crippen LogP contribution in [0, 0.1) is 0 Å². The zero-order valence-corrected chi connectivity index (χ0v) is 12.1. The minimum Gasteiger partial charge on any atom is -0.469 e. The highest BCUT2D eigenvalue weighted by Gasteiger charge is 2.32. The van der Waals surface area contributed by atoms with E-state index >= 15 is 0 Å². The summed E-state index contributed by atoms with van der Waals surface area (Å²) in [7, 11) is 1.32. The molecule has 2 rings (SSSR count). The predicted molar refractivity (Wildman–Crippen MR) is 70.2 cm³/mol. The summed E-state index contributed by atoms with van der Waals surface area (Å²) in [5.74, 6) is 0.200. The smallest absolute Gasteiger partial charge is 0.307 e. The molecule has 1 N–H and O–H groups in total. The second-order valence-electron chi connectivity index (χ2n) is 4.26. The van der Waals surface area contributed by atoms with E-state index in [1.54, 1.807) is 6.07 Å². The Morgan fingerprint density at radius 2 is 2.42 bits per heavy atom. The topological polar surface area (TPSA) is 71.8 Å². The number of furan rings is 1. The molecule has 1 fully saturated rings. The second-order valence-corrected chi connectivity index (χ2v) is 5.04. The molecule has 0 spiro atoms. The largest absolute Gasteiger partial charge is 0.469 e. The van der Waals surface area contributed by atoms with Crippen molar-refractivity contribution < 1.29 is 18.7 Å². The van der Waals surface area contributed by atoms with Gasteiger partial charge in [-0.15, -0.1) is 0 Å². The van der Waals surface area contributed by atoms with Gasteiger partial charge in [0.2, 0.25) is 5.91 Å². The Balaban J connectivity index is 2.06. The molecule has 0 aliphatic carbocycles. The Morgan fingerprint density at radius 1 is 1.63 bits per heavy atom. The van der Waals surface area contributed by atoms with Gasteiger partial charge < -0.3 is 14.5 Å². The van der Waals surface area contributed by atoms with Gasteiger partial charge >= 0.3 is 5.97 Å². The highest BCUT2D eigenvalue weighted by molar-refractivity contribution is 9.10. The monoisotopic (exact) mass is 330 g/mol. The number of nitrogens with zero attached hydrogens (tertiary/aromatic N) is 1. The molecule has 7 heteroatoms. The van der Waals surface area contributed by atoms with Crippen LogP contribution in [0.4, 0.5) is 0 Å². The normalized spacial score (nSPS) is 20.1. The van der Waals surface area contributed by atoms with Crippen LogP contribution in [-0.2, 0) is 20.9 Å². The fourth-order valence-electron chi connectivity index (χ4n) is 2.05. The molecule has 1 atom stereocenters. The van der Waals surface area contributed by atoms with Crippen molar-refractivity contribution in [1.29, 1.82) is 0 Å². The average molecular weight is 331 g/mol. The van der Waals surface area contributed by atoms with Gasteiger partial charge in [0.05, 0.1) is 20.1 Å². The van der Waals surface area contributed by atoms with Crippen LogP contribution >= 0.6 is 15.9 Å². The number of esters is 1. The van der Waals surface area contributed by atoms with Gasteiger partial charge in [0, 0.05) is 13.1 Å². The zero-order chi connectivity index (χ0) is 13.8. The Bertz CT molecular complexity index is 474. The SMILES string of the molecule is COC(=O)C[C@@H]1C(=O)NCCN1Cc1ccc(Br)o1. The third-order valence-corrected chi connectivity index (χ3v) is 3.44. The van der Waals surface area contributed by atoms with Crippen LogP contribution in [0.3, 0.4) is 0 Å². The number of piperazine rings is 1. The summed E-state index contributed by atoms with van der Waals surface area (Å²) in [6.45, 7) is 1.73. The fourth-order valence-corrected chi connectivity index (χ4v) is 2.39. The molecule has 1 saturated heterocycles. The third kappa shape index (κ3) is 3.57. The maximum Gasteiger partial charge on any atom is 0.307 e. The maximum absolute atomic E-state index is 11.9. The molecule has 19 heavy (non-hydrogen) atoms. The van der Waals surface area contributed by atoms with E-state index < -0.39 is 12.0 Å². The third-order valence-electron chi connectivity index (χ3n) is 3.02. The van der Waals surface area contributed by atoms with Crippen LogP contribution in [-0.4, -0.2) is 43.0 Å². The number of hydrogen-bond donors (Lipinski definition) is 1. The molecule has 1 amide bonds. The number of amides is 1.